The number of halogens is 1. The van der Waals surface area contributed by atoms with Crippen LogP contribution in [0.1, 0.15) is 42.9 Å². The Labute approximate surface area is 238 Å². The average molecular weight is 561 g/mol. The standard InChI is InChI=1S/C32H33ClN2O5/c1-3-4-15-35(25-7-5-6-24(33)18-25)29(36)20-34-19-27(22-10-13-28-23(17-22)14-16-40-28)30(32(37)38)31(34)21-8-11-26(39-2)12-9-21/h5-14,16-18,27,30-31H,3-4,15,19-20H2,1-2H3,(H,37,38). The summed E-state index contributed by atoms with van der Waals surface area (Å²) in [5.41, 5.74) is 3.23. The van der Waals surface area contributed by atoms with Crippen LogP contribution in [0.4, 0.5) is 5.69 Å². The number of fused-ring (bicyclic) bond motifs is 1. The smallest absolute Gasteiger partial charge is 0.309 e. The lowest BCUT2D eigenvalue weighted by Crippen LogP contribution is -2.41. The number of carboxylic acids is 1. The number of carbonyl (C=O) groups is 2. The van der Waals surface area contributed by atoms with Crippen LogP contribution in [0.2, 0.25) is 5.02 Å². The Balaban J connectivity index is 1.52. The maximum atomic E-state index is 13.9. The lowest BCUT2D eigenvalue weighted by Gasteiger charge is -2.30. The van der Waals surface area contributed by atoms with Gasteiger partial charge in [0.15, 0.2) is 0 Å². The second kappa shape index (κ2) is 12.1. The number of carbonyl (C=O) groups excluding carboxylic acids is 1. The van der Waals surface area contributed by atoms with Crippen molar-refractivity contribution in [2.24, 2.45) is 5.92 Å². The largest absolute Gasteiger partial charge is 0.497 e. The first-order valence-corrected chi connectivity index (χ1v) is 13.9. The van der Waals surface area contributed by atoms with Crippen LogP contribution in [0.5, 0.6) is 5.75 Å². The highest BCUT2D eigenvalue weighted by Crippen LogP contribution is 2.46. The zero-order chi connectivity index (χ0) is 28.2. The van der Waals surface area contributed by atoms with E-state index in [2.05, 4.69) is 6.92 Å². The molecule has 2 heterocycles. The molecule has 208 valence electrons. The van der Waals surface area contributed by atoms with Gasteiger partial charge in [0, 0.05) is 41.1 Å². The van der Waals surface area contributed by atoms with Crippen molar-refractivity contribution in [2.45, 2.75) is 31.7 Å². The normalized spacial score (nSPS) is 19.1. The van der Waals surface area contributed by atoms with Crippen LogP contribution in [-0.2, 0) is 9.59 Å². The van der Waals surface area contributed by atoms with Crippen molar-refractivity contribution in [3.8, 4) is 5.75 Å². The van der Waals surface area contributed by atoms with Crippen LogP contribution in [0.3, 0.4) is 0 Å². The van der Waals surface area contributed by atoms with Gasteiger partial charge in [-0.05, 0) is 66.1 Å². The summed E-state index contributed by atoms with van der Waals surface area (Å²) in [6, 6.07) is 21.9. The van der Waals surface area contributed by atoms with Gasteiger partial charge in [0.25, 0.3) is 0 Å². The number of ether oxygens (including phenoxy) is 1. The third-order valence-electron chi connectivity index (χ3n) is 7.74. The molecule has 1 fully saturated rings. The van der Waals surface area contributed by atoms with E-state index in [1.807, 2.05) is 65.6 Å². The predicted molar refractivity (Wildman–Crippen MR) is 156 cm³/mol. The molecule has 1 N–H and O–H groups in total. The molecule has 0 saturated carbocycles. The second-order valence-electron chi connectivity index (χ2n) is 10.2. The van der Waals surface area contributed by atoms with Gasteiger partial charge in [-0.1, -0.05) is 49.2 Å². The van der Waals surface area contributed by atoms with Gasteiger partial charge in [0.05, 0.1) is 25.8 Å². The number of nitrogens with zero attached hydrogens (tertiary/aromatic N) is 2. The van der Waals surface area contributed by atoms with Crippen molar-refractivity contribution in [1.29, 1.82) is 0 Å². The topological polar surface area (TPSA) is 83.2 Å². The van der Waals surface area contributed by atoms with Gasteiger partial charge in [-0.15, -0.1) is 0 Å². The molecule has 1 aromatic heterocycles. The molecule has 8 heteroatoms. The number of hydrogen-bond donors (Lipinski definition) is 1. The lowest BCUT2D eigenvalue weighted by molar-refractivity contribution is -0.143. The third kappa shape index (κ3) is 5.71. The molecule has 3 aromatic carbocycles. The number of aliphatic carboxylic acids is 1. The second-order valence-corrected chi connectivity index (χ2v) is 10.7. The number of likely N-dealkylation sites (tertiary alicyclic amines) is 1. The van der Waals surface area contributed by atoms with Crippen molar-refractivity contribution in [1.82, 2.24) is 4.90 Å². The Bertz CT molecular complexity index is 1480. The molecule has 1 saturated heterocycles. The van der Waals surface area contributed by atoms with Crippen molar-refractivity contribution in [2.75, 3.05) is 31.6 Å². The molecule has 0 bridgehead atoms. The maximum Gasteiger partial charge on any atom is 0.309 e. The SMILES string of the molecule is CCCCN(C(=O)CN1CC(c2ccc3occc3c2)C(C(=O)O)C1c1ccc(OC)cc1)c1cccc(Cl)c1. The summed E-state index contributed by atoms with van der Waals surface area (Å²) < 4.78 is 10.8. The van der Waals surface area contributed by atoms with E-state index in [1.165, 1.54) is 0 Å². The molecule has 3 unspecified atom stereocenters. The van der Waals surface area contributed by atoms with E-state index in [-0.39, 0.29) is 18.4 Å². The van der Waals surface area contributed by atoms with Gasteiger partial charge in [0.2, 0.25) is 5.91 Å². The van der Waals surface area contributed by atoms with Gasteiger partial charge >= 0.3 is 5.97 Å². The molecule has 5 rings (SSSR count). The number of benzene rings is 3. The van der Waals surface area contributed by atoms with E-state index in [4.69, 9.17) is 20.8 Å². The predicted octanol–water partition coefficient (Wildman–Crippen LogP) is 6.77. The highest BCUT2D eigenvalue weighted by molar-refractivity contribution is 6.30. The summed E-state index contributed by atoms with van der Waals surface area (Å²) in [6.07, 6.45) is 3.40. The van der Waals surface area contributed by atoms with E-state index in [0.29, 0.717) is 23.9 Å². The molecule has 1 aliphatic heterocycles. The number of carboxylic acid groups (broad SMARTS) is 1. The highest BCUT2D eigenvalue weighted by atomic mass is 35.5. The van der Waals surface area contributed by atoms with Crippen molar-refractivity contribution in [3.63, 3.8) is 0 Å². The molecular weight excluding hydrogens is 528 g/mol. The summed E-state index contributed by atoms with van der Waals surface area (Å²) in [7, 11) is 1.60. The molecular formula is C32H33ClN2O5. The van der Waals surface area contributed by atoms with E-state index >= 15 is 0 Å². The molecule has 0 aliphatic carbocycles. The molecule has 0 spiro atoms. The molecule has 0 radical (unpaired) electrons. The van der Waals surface area contributed by atoms with Crippen LogP contribution < -0.4 is 9.64 Å². The number of furan rings is 1. The lowest BCUT2D eigenvalue weighted by atomic mass is 9.82. The zero-order valence-corrected chi connectivity index (χ0v) is 23.4. The van der Waals surface area contributed by atoms with Gasteiger partial charge < -0.3 is 19.2 Å². The molecule has 4 aromatic rings. The number of anilines is 1. The van der Waals surface area contributed by atoms with Crippen LogP contribution in [0.25, 0.3) is 11.0 Å². The van der Waals surface area contributed by atoms with Crippen molar-refractivity contribution < 1.29 is 23.8 Å². The Morgan fingerprint density at radius 2 is 1.85 bits per heavy atom. The minimum Gasteiger partial charge on any atom is -0.497 e. The van der Waals surface area contributed by atoms with Gasteiger partial charge in [-0.2, -0.15) is 0 Å². The van der Waals surface area contributed by atoms with Gasteiger partial charge in [0.1, 0.15) is 11.3 Å². The first kappa shape index (κ1) is 27.7. The number of methoxy groups -OCH3 is 1. The zero-order valence-electron chi connectivity index (χ0n) is 22.6. The summed E-state index contributed by atoms with van der Waals surface area (Å²) in [4.78, 5) is 30.6. The fourth-order valence-electron chi connectivity index (χ4n) is 5.76. The first-order valence-electron chi connectivity index (χ1n) is 13.5. The monoisotopic (exact) mass is 560 g/mol. The number of amides is 1. The minimum atomic E-state index is -0.897. The summed E-state index contributed by atoms with van der Waals surface area (Å²) in [6.45, 7) is 3.13. The molecule has 1 aliphatic rings. The highest BCUT2D eigenvalue weighted by Gasteiger charge is 2.48. The van der Waals surface area contributed by atoms with E-state index in [0.717, 1.165) is 40.6 Å². The average Bonchev–Trinajstić information content (AvgIpc) is 3.58. The number of rotatable bonds is 10. The molecule has 40 heavy (non-hydrogen) atoms. The Morgan fingerprint density at radius 3 is 2.55 bits per heavy atom. The molecule has 3 atom stereocenters. The molecule has 1 amide bonds. The van der Waals surface area contributed by atoms with Crippen LogP contribution in [-0.4, -0.2) is 48.6 Å². The summed E-state index contributed by atoms with van der Waals surface area (Å²) >= 11 is 6.27. The Kier molecular flexibility index (Phi) is 8.43. The van der Waals surface area contributed by atoms with Crippen LogP contribution >= 0.6 is 11.6 Å². The first-order chi connectivity index (χ1) is 19.4. The number of unbranched alkanes of at least 4 members (excludes halogenated alkanes) is 1. The van der Waals surface area contributed by atoms with Crippen molar-refractivity contribution >= 4 is 40.1 Å². The van der Waals surface area contributed by atoms with Gasteiger partial charge in [-0.25, -0.2) is 0 Å². The summed E-state index contributed by atoms with van der Waals surface area (Å²) in [5, 5.41) is 12.0. The van der Waals surface area contributed by atoms with Crippen molar-refractivity contribution in [3.05, 3.63) is 95.2 Å². The van der Waals surface area contributed by atoms with E-state index in [9.17, 15) is 14.7 Å². The van der Waals surface area contributed by atoms with Crippen LogP contribution in [0.15, 0.2) is 83.5 Å². The van der Waals surface area contributed by atoms with Crippen LogP contribution in [0, 0.1) is 5.92 Å². The Hall–Kier alpha value is -3.81. The fraction of sp³-hybridized carbons (Fsp3) is 0.312. The number of hydrogen-bond acceptors (Lipinski definition) is 5. The van der Waals surface area contributed by atoms with Gasteiger partial charge in [-0.3, -0.25) is 14.5 Å². The van der Waals surface area contributed by atoms with E-state index in [1.54, 1.807) is 30.4 Å². The quantitative estimate of drug-likeness (QED) is 0.230. The minimum absolute atomic E-state index is 0.0706. The Morgan fingerprint density at radius 1 is 1.07 bits per heavy atom. The fourth-order valence-corrected chi connectivity index (χ4v) is 5.95. The van der Waals surface area contributed by atoms with E-state index < -0.39 is 17.9 Å². The molecule has 7 nitrogen and oxygen atoms in total. The third-order valence-corrected chi connectivity index (χ3v) is 7.97. The summed E-state index contributed by atoms with van der Waals surface area (Å²) in [5.74, 6) is -1.40. The maximum absolute atomic E-state index is 13.9.